The topological polar surface area (TPSA) is 78.0 Å². The molecular weight excluding hydrogens is 430 g/mol. The Kier molecular flexibility index (Phi) is 7.18. The van der Waals surface area contributed by atoms with Crippen LogP contribution in [0.3, 0.4) is 0 Å². The molecule has 1 aliphatic carbocycles. The second kappa shape index (κ2) is 10.8. The summed E-state index contributed by atoms with van der Waals surface area (Å²) in [4.78, 5) is 7.17. The Bertz CT molecular complexity index is 1150. The van der Waals surface area contributed by atoms with Crippen molar-refractivity contribution in [2.75, 3.05) is 29.0 Å². The number of nitrogen functional groups attached to an aromatic ring is 1. The third kappa shape index (κ3) is 5.77. The standard InChI is InChI=1S/C30H35N5/c31-20-22-7-13-28(14-8-22)35-17-3-4-23(21-35)18-26-5-1-2-6-29(26)34-30-19-25(15-16-33-30)24-9-11-27(32)12-10-24/h7-16,19,23,26,29H,1-6,17-18,21,32H2,(H,33,34)/t23-,26+,29-/m1/s1. The molecule has 5 nitrogen and oxygen atoms in total. The maximum Gasteiger partial charge on any atom is 0.126 e. The van der Waals surface area contributed by atoms with Crippen LogP contribution in [-0.4, -0.2) is 24.1 Å². The smallest absolute Gasteiger partial charge is 0.126 e. The number of piperidine rings is 1. The van der Waals surface area contributed by atoms with Crippen LogP contribution in [0.5, 0.6) is 0 Å². The molecule has 1 aromatic heterocycles. The first kappa shape index (κ1) is 23.2. The van der Waals surface area contributed by atoms with E-state index in [4.69, 9.17) is 11.0 Å². The molecule has 3 aromatic rings. The lowest BCUT2D eigenvalue weighted by atomic mass is 9.77. The number of anilines is 3. The van der Waals surface area contributed by atoms with E-state index in [-0.39, 0.29) is 0 Å². The van der Waals surface area contributed by atoms with E-state index >= 15 is 0 Å². The second-order valence-corrected chi connectivity index (χ2v) is 10.2. The number of aromatic nitrogens is 1. The van der Waals surface area contributed by atoms with Crippen LogP contribution in [0, 0.1) is 23.2 Å². The average molecular weight is 466 g/mol. The highest BCUT2D eigenvalue weighted by Gasteiger charge is 2.30. The lowest BCUT2D eigenvalue weighted by molar-refractivity contribution is 0.247. The molecule has 5 heteroatoms. The lowest BCUT2D eigenvalue weighted by Crippen LogP contribution is -2.39. The molecule has 0 bridgehead atoms. The van der Waals surface area contributed by atoms with E-state index in [2.05, 4.69) is 57.7 Å². The number of benzene rings is 2. The Morgan fingerprint density at radius 3 is 2.54 bits per heavy atom. The summed E-state index contributed by atoms with van der Waals surface area (Å²) in [5, 5.41) is 12.9. The Balaban J connectivity index is 1.24. The minimum absolute atomic E-state index is 0.475. The second-order valence-electron chi connectivity index (χ2n) is 10.2. The van der Waals surface area contributed by atoms with Gasteiger partial charge < -0.3 is 16.0 Å². The fourth-order valence-electron chi connectivity index (χ4n) is 5.90. The van der Waals surface area contributed by atoms with Crippen LogP contribution in [0.1, 0.15) is 50.5 Å². The van der Waals surface area contributed by atoms with Gasteiger partial charge in [-0.2, -0.15) is 5.26 Å². The van der Waals surface area contributed by atoms with Gasteiger partial charge in [-0.1, -0.05) is 25.0 Å². The van der Waals surface area contributed by atoms with E-state index in [1.807, 2.05) is 30.5 Å². The molecule has 180 valence electrons. The molecule has 1 saturated heterocycles. The van der Waals surface area contributed by atoms with Crippen LogP contribution in [0.15, 0.2) is 66.9 Å². The Labute approximate surface area is 209 Å². The number of nitrogens with two attached hydrogens (primary N) is 1. The quantitative estimate of drug-likeness (QED) is 0.407. The van der Waals surface area contributed by atoms with Crippen LogP contribution in [0.25, 0.3) is 11.1 Å². The first-order chi connectivity index (χ1) is 17.2. The maximum atomic E-state index is 9.10. The highest BCUT2D eigenvalue weighted by molar-refractivity contribution is 5.68. The molecule has 3 atom stereocenters. The molecule has 2 aromatic carbocycles. The van der Waals surface area contributed by atoms with Crippen molar-refractivity contribution in [2.24, 2.45) is 11.8 Å². The summed E-state index contributed by atoms with van der Waals surface area (Å²) < 4.78 is 0. The largest absolute Gasteiger partial charge is 0.399 e. The molecule has 3 N–H and O–H groups in total. The number of hydrogen-bond acceptors (Lipinski definition) is 5. The number of nitriles is 1. The number of nitrogens with one attached hydrogen (secondary N) is 1. The van der Waals surface area contributed by atoms with Gasteiger partial charge >= 0.3 is 0 Å². The molecule has 5 rings (SSSR count). The highest BCUT2D eigenvalue weighted by atomic mass is 15.1. The molecule has 0 radical (unpaired) electrons. The number of rotatable bonds is 6. The number of pyridine rings is 1. The fourth-order valence-corrected chi connectivity index (χ4v) is 5.90. The maximum absolute atomic E-state index is 9.10. The van der Waals surface area contributed by atoms with Crippen LogP contribution in [0.4, 0.5) is 17.2 Å². The summed E-state index contributed by atoms with van der Waals surface area (Å²) in [5.74, 6) is 2.36. The van der Waals surface area contributed by atoms with Crippen molar-refractivity contribution in [3.63, 3.8) is 0 Å². The molecule has 0 unspecified atom stereocenters. The molecular formula is C30H35N5. The predicted octanol–water partition coefficient (Wildman–Crippen LogP) is 6.48. The van der Waals surface area contributed by atoms with Crippen molar-refractivity contribution >= 4 is 17.2 Å². The van der Waals surface area contributed by atoms with Crippen molar-refractivity contribution in [1.82, 2.24) is 4.98 Å². The van der Waals surface area contributed by atoms with Crippen molar-refractivity contribution in [3.8, 4) is 17.2 Å². The van der Waals surface area contributed by atoms with Gasteiger partial charge in [-0.25, -0.2) is 4.98 Å². The fraction of sp³-hybridized carbons (Fsp3) is 0.400. The van der Waals surface area contributed by atoms with Crippen molar-refractivity contribution < 1.29 is 0 Å². The van der Waals surface area contributed by atoms with Gasteiger partial charge in [-0.3, -0.25) is 0 Å². The predicted molar refractivity (Wildman–Crippen MR) is 144 cm³/mol. The van der Waals surface area contributed by atoms with Crippen LogP contribution in [0.2, 0.25) is 0 Å². The van der Waals surface area contributed by atoms with E-state index in [0.717, 1.165) is 35.7 Å². The van der Waals surface area contributed by atoms with Gasteiger partial charge in [0.1, 0.15) is 5.82 Å². The normalized spacial score (nSPS) is 22.4. The molecule has 1 aliphatic heterocycles. The molecule has 0 amide bonds. The molecule has 35 heavy (non-hydrogen) atoms. The summed E-state index contributed by atoms with van der Waals surface area (Å²) in [6.07, 6.45) is 10.8. The van der Waals surface area contributed by atoms with E-state index in [1.165, 1.54) is 56.2 Å². The molecule has 2 heterocycles. The summed E-state index contributed by atoms with van der Waals surface area (Å²) in [7, 11) is 0. The van der Waals surface area contributed by atoms with Gasteiger partial charge in [0.15, 0.2) is 0 Å². The molecule has 2 fully saturated rings. The zero-order valence-electron chi connectivity index (χ0n) is 20.4. The zero-order valence-corrected chi connectivity index (χ0v) is 20.4. The van der Waals surface area contributed by atoms with Gasteiger partial charge in [0.05, 0.1) is 11.6 Å². The Hall–Kier alpha value is -3.52. The average Bonchev–Trinajstić information content (AvgIpc) is 2.91. The van der Waals surface area contributed by atoms with Crippen LogP contribution >= 0.6 is 0 Å². The van der Waals surface area contributed by atoms with Crippen LogP contribution in [-0.2, 0) is 0 Å². The third-order valence-corrected chi connectivity index (χ3v) is 7.76. The van der Waals surface area contributed by atoms with Gasteiger partial charge in [0.2, 0.25) is 0 Å². The summed E-state index contributed by atoms with van der Waals surface area (Å²) >= 11 is 0. The molecule has 1 saturated carbocycles. The van der Waals surface area contributed by atoms with Crippen molar-refractivity contribution in [3.05, 3.63) is 72.4 Å². The summed E-state index contributed by atoms with van der Waals surface area (Å²) in [6, 6.07) is 23.1. The van der Waals surface area contributed by atoms with Crippen molar-refractivity contribution in [2.45, 2.75) is 51.0 Å². The highest BCUT2D eigenvalue weighted by Crippen LogP contribution is 2.35. The van der Waals surface area contributed by atoms with E-state index in [9.17, 15) is 0 Å². The van der Waals surface area contributed by atoms with Gasteiger partial charge in [-0.15, -0.1) is 0 Å². The molecule has 0 spiro atoms. The first-order valence-corrected chi connectivity index (χ1v) is 13.0. The summed E-state index contributed by atoms with van der Waals surface area (Å²) in [5.41, 5.74) is 11.0. The Morgan fingerprint density at radius 2 is 1.74 bits per heavy atom. The lowest BCUT2D eigenvalue weighted by Gasteiger charge is -2.39. The van der Waals surface area contributed by atoms with Gasteiger partial charge in [0, 0.05) is 36.7 Å². The SMILES string of the molecule is N#Cc1ccc(N2CCC[C@H](C[C@@H]3CCCC[C@H]3Nc3cc(-c4ccc(N)cc4)ccn3)C2)cc1. The van der Waals surface area contributed by atoms with Crippen LogP contribution < -0.4 is 16.0 Å². The van der Waals surface area contributed by atoms with Crippen molar-refractivity contribution in [1.29, 1.82) is 5.26 Å². The van der Waals surface area contributed by atoms with E-state index in [1.54, 1.807) is 0 Å². The minimum Gasteiger partial charge on any atom is -0.399 e. The third-order valence-electron chi connectivity index (χ3n) is 7.76. The number of nitrogens with zero attached hydrogens (tertiary/aromatic N) is 3. The zero-order chi connectivity index (χ0) is 24.0. The monoisotopic (exact) mass is 465 g/mol. The van der Waals surface area contributed by atoms with Gasteiger partial charge in [0.25, 0.3) is 0 Å². The van der Waals surface area contributed by atoms with E-state index < -0.39 is 0 Å². The van der Waals surface area contributed by atoms with E-state index in [0.29, 0.717) is 17.9 Å². The Morgan fingerprint density at radius 1 is 0.943 bits per heavy atom. The molecule has 2 aliphatic rings. The first-order valence-electron chi connectivity index (χ1n) is 13.0. The van der Waals surface area contributed by atoms with Gasteiger partial charge in [-0.05, 0) is 104 Å². The number of hydrogen-bond donors (Lipinski definition) is 2. The minimum atomic E-state index is 0.475. The summed E-state index contributed by atoms with van der Waals surface area (Å²) in [6.45, 7) is 2.22.